The van der Waals surface area contributed by atoms with Crippen molar-refractivity contribution in [2.24, 2.45) is 11.7 Å². The number of carbonyl (C=O) groups is 3. The number of primary amides is 1. The number of fused-ring (bicyclic) bond motifs is 1. The molecule has 1 saturated heterocycles. The van der Waals surface area contributed by atoms with Crippen LogP contribution in [0.2, 0.25) is 0 Å². The van der Waals surface area contributed by atoms with Crippen LogP contribution in [0.15, 0.2) is 36.4 Å². The Morgan fingerprint density at radius 2 is 1.83 bits per heavy atom. The average molecular weight is 490 g/mol. The molecule has 4 N–H and O–H groups in total. The monoisotopic (exact) mass is 490 g/mol. The van der Waals surface area contributed by atoms with Crippen LogP contribution in [0.4, 0.5) is 24.7 Å². The second-order valence-corrected chi connectivity index (χ2v) is 7.96. The summed E-state index contributed by atoms with van der Waals surface area (Å²) in [6.45, 7) is 0.524. The molecule has 1 aromatic carbocycles. The van der Waals surface area contributed by atoms with Crippen molar-refractivity contribution in [2.45, 2.75) is 19.0 Å². The summed E-state index contributed by atoms with van der Waals surface area (Å²) in [6, 6.07) is 9.23. The van der Waals surface area contributed by atoms with E-state index in [1.165, 1.54) is 18.2 Å². The van der Waals surface area contributed by atoms with Gasteiger partial charge in [0, 0.05) is 30.3 Å². The van der Waals surface area contributed by atoms with Crippen LogP contribution in [0.5, 0.6) is 0 Å². The fraction of sp³-hybridized carbons (Fsp3) is 0.333. The van der Waals surface area contributed by atoms with E-state index in [4.69, 9.17) is 5.73 Å². The number of benzene rings is 1. The molecule has 11 nitrogen and oxygen atoms in total. The molecular formula is C21H21F3N8O3. The number of nitrogens with one attached hydrogen (secondary N) is 2. The summed E-state index contributed by atoms with van der Waals surface area (Å²) in [5, 5.41) is 15.9. The maximum Gasteiger partial charge on any atom is 0.453 e. The minimum Gasteiger partial charge on any atom is -0.368 e. The van der Waals surface area contributed by atoms with Crippen molar-refractivity contribution in [3.63, 3.8) is 0 Å². The van der Waals surface area contributed by atoms with E-state index in [9.17, 15) is 27.6 Å². The van der Waals surface area contributed by atoms with Crippen molar-refractivity contribution < 1.29 is 27.6 Å². The molecule has 2 aromatic heterocycles. The van der Waals surface area contributed by atoms with Gasteiger partial charge in [-0.1, -0.05) is 6.07 Å². The van der Waals surface area contributed by atoms with Gasteiger partial charge in [-0.2, -0.15) is 17.7 Å². The lowest BCUT2D eigenvalue weighted by atomic mass is 9.95. The SMILES string of the molecule is NC(=O)CNC(=O)c1cccc(NC(=O)C2CCN(c3ccc4nnc(C(F)(F)F)n4n3)CC2)c1. The second kappa shape index (κ2) is 9.56. The number of aromatic nitrogens is 4. The molecule has 0 saturated carbocycles. The number of hydrogen-bond acceptors (Lipinski definition) is 7. The molecule has 3 amide bonds. The van der Waals surface area contributed by atoms with Gasteiger partial charge in [-0.25, -0.2) is 0 Å². The Morgan fingerprint density at radius 3 is 2.51 bits per heavy atom. The molecule has 3 aromatic rings. The van der Waals surface area contributed by atoms with Gasteiger partial charge in [0.1, 0.15) is 5.82 Å². The summed E-state index contributed by atoms with van der Waals surface area (Å²) < 4.78 is 40.0. The smallest absolute Gasteiger partial charge is 0.368 e. The molecule has 0 unspecified atom stereocenters. The Balaban J connectivity index is 1.37. The highest BCUT2D eigenvalue weighted by atomic mass is 19.4. The largest absolute Gasteiger partial charge is 0.453 e. The van der Waals surface area contributed by atoms with Gasteiger partial charge in [-0.05, 0) is 43.2 Å². The van der Waals surface area contributed by atoms with E-state index in [1.807, 2.05) is 0 Å². The molecular weight excluding hydrogens is 469 g/mol. The van der Waals surface area contributed by atoms with Crippen LogP contribution in [0.3, 0.4) is 0 Å². The third kappa shape index (κ3) is 5.47. The topological polar surface area (TPSA) is 148 Å². The molecule has 0 atom stereocenters. The van der Waals surface area contributed by atoms with E-state index < -0.39 is 23.8 Å². The number of rotatable bonds is 6. The number of alkyl halides is 3. The van der Waals surface area contributed by atoms with Gasteiger partial charge in [-0.15, -0.1) is 15.3 Å². The molecule has 184 valence electrons. The van der Waals surface area contributed by atoms with E-state index in [-0.39, 0.29) is 29.6 Å². The minimum atomic E-state index is -4.68. The van der Waals surface area contributed by atoms with E-state index in [1.54, 1.807) is 23.1 Å². The van der Waals surface area contributed by atoms with Crippen LogP contribution in [0.25, 0.3) is 5.65 Å². The normalized spacial score (nSPS) is 14.7. The molecule has 1 aliphatic heterocycles. The zero-order valence-electron chi connectivity index (χ0n) is 18.2. The highest BCUT2D eigenvalue weighted by Gasteiger charge is 2.38. The molecule has 35 heavy (non-hydrogen) atoms. The van der Waals surface area contributed by atoms with E-state index in [0.29, 0.717) is 42.0 Å². The molecule has 3 heterocycles. The third-order valence-electron chi connectivity index (χ3n) is 5.51. The predicted octanol–water partition coefficient (Wildman–Crippen LogP) is 1.21. The van der Waals surface area contributed by atoms with E-state index in [2.05, 4.69) is 25.9 Å². The summed E-state index contributed by atoms with van der Waals surface area (Å²) in [5.74, 6) is -2.61. The Bertz CT molecular complexity index is 1270. The Labute approximate surface area is 196 Å². The third-order valence-corrected chi connectivity index (χ3v) is 5.51. The zero-order chi connectivity index (χ0) is 25.2. The number of anilines is 2. The zero-order valence-corrected chi connectivity index (χ0v) is 18.2. The number of hydrogen-bond donors (Lipinski definition) is 3. The van der Waals surface area contributed by atoms with E-state index >= 15 is 0 Å². The van der Waals surface area contributed by atoms with Gasteiger partial charge in [0.05, 0.1) is 6.54 Å². The predicted molar refractivity (Wildman–Crippen MR) is 117 cm³/mol. The first-order chi connectivity index (χ1) is 16.6. The van der Waals surface area contributed by atoms with Crippen LogP contribution >= 0.6 is 0 Å². The van der Waals surface area contributed by atoms with Gasteiger partial charge in [0.15, 0.2) is 5.65 Å². The molecule has 1 fully saturated rings. The fourth-order valence-corrected chi connectivity index (χ4v) is 3.75. The Hall–Kier alpha value is -4.23. The molecule has 4 rings (SSSR count). The van der Waals surface area contributed by atoms with Crippen LogP contribution in [-0.2, 0) is 15.8 Å². The van der Waals surface area contributed by atoms with Crippen LogP contribution in [0.1, 0.15) is 29.0 Å². The Kier molecular flexibility index (Phi) is 6.53. The van der Waals surface area contributed by atoms with Gasteiger partial charge in [-0.3, -0.25) is 14.4 Å². The summed E-state index contributed by atoms with van der Waals surface area (Å²) in [6.07, 6.45) is -3.77. The van der Waals surface area contributed by atoms with E-state index in [0.717, 1.165) is 0 Å². The number of piperidine rings is 1. The standard InChI is InChI=1S/C21H21F3N8O3/c22-21(23,24)20-29-28-16-4-5-17(30-32(16)20)31-8-6-12(7-9-31)19(35)27-14-3-1-2-13(10-14)18(34)26-11-15(25)33/h1-5,10,12H,6-9,11H2,(H2,25,33)(H,26,34)(H,27,35). The van der Waals surface area contributed by atoms with Crippen molar-refractivity contribution in [3.8, 4) is 0 Å². The highest BCUT2D eigenvalue weighted by molar-refractivity contribution is 5.99. The molecule has 14 heteroatoms. The maximum absolute atomic E-state index is 13.1. The lowest BCUT2D eigenvalue weighted by molar-refractivity contribution is -0.146. The summed E-state index contributed by atoms with van der Waals surface area (Å²) in [4.78, 5) is 37.5. The van der Waals surface area contributed by atoms with Crippen molar-refractivity contribution in [1.82, 2.24) is 25.1 Å². The molecule has 0 aliphatic carbocycles. The fourth-order valence-electron chi connectivity index (χ4n) is 3.75. The van der Waals surface area contributed by atoms with Crippen molar-refractivity contribution >= 4 is 34.9 Å². The van der Waals surface area contributed by atoms with Crippen LogP contribution in [-0.4, -0.2) is 57.2 Å². The van der Waals surface area contributed by atoms with Gasteiger partial charge in [0.25, 0.3) is 11.7 Å². The van der Waals surface area contributed by atoms with Gasteiger partial charge >= 0.3 is 6.18 Å². The number of nitrogens with zero attached hydrogens (tertiary/aromatic N) is 5. The van der Waals surface area contributed by atoms with Crippen molar-refractivity contribution in [3.05, 3.63) is 47.8 Å². The second-order valence-electron chi connectivity index (χ2n) is 7.96. The lowest BCUT2D eigenvalue weighted by Crippen LogP contribution is -2.38. The summed E-state index contributed by atoms with van der Waals surface area (Å²) in [7, 11) is 0. The number of amides is 3. The lowest BCUT2D eigenvalue weighted by Gasteiger charge is -2.32. The van der Waals surface area contributed by atoms with Crippen LogP contribution in [0, 0.1) is 5.92 Å². The first-order valence-corrected chi connectivity index (χ1v) is 10.6. The minimum absolute atomic E-state index is 0.0131. The molecule has 1 aliphatic rings. The first kappa shape index (κ1) is 23.9. The van der Waals surface area contributed by atoms with Crippen LogP contribution < -0.4 is 21.3 Å². The molecule has 0 spiro atoms. The highest BCUT2D eigenvalue weighted by Crippen LogP contribution is 2.29. The quantitative estimate of drug-likeness (QED) is 0.471. The van der Waals surface area contributed by atoms with Gasteiger partial charge in [0.2, 0.25) is 11.8 Å². The average Bonchev–Trinajstić information content (AvgIpc) is 3.27. The summed E-state index contributed by atoms with van der Waals surface area (Å²) in [5.41, 5.74) is 5.68. The number of nitrogens with two attached hydrogens (primary N) is 1. The molecule has 0 radical (unpaired) electrons. The number of carbonyl (C=O) groups excluding carboxylic acids is 3. The first-order valence-electron chi connectivity index (χ1n) is 10.6. The number of halogens is 3. The van der Waals surface area contributed by atoms with Gasteiger partial charge < -0.3 is 21.3 Å². The summed E-state index contributed by atoms with van der Waals surface area (Å²) >= 11 is 0. The van der Waals surface area contributed by atoms with Crippen molar-refractivity contribution in [1.29, 1.82) is 0 Å². The Morgan fingerprint density at radius 1 is 1.09 bits per heavy atom. The van der Waals surface area contributed by atoms with Crippen molar-refractivity contribution in [2.75, 3.05) is 29.9 Å². The maximum atomic E-state index is 13.1. The molecule has 0 bridgehead atoms.